The fraction of sp³-hybridized carbons (Fsp3) is 0.600. The van der Waals surface area contributed by atoms with Gasteiger partial charge in [-0.25, -0.2) is 8.42 Å². The number of sulfonamides is 1. The molecule has 1 aliphatic heterocycles. The Hall–Kier alpha value is -1.97. The Kier molecular flexibility index (Phi) is 8.18. The molecule has 0 radical (unpaired) electrons. The van der Waals surface area contributed by atoms with Crippen LogP contribution in [0.3, 0.4) is 0 Å². The molecular formula is C20H31N3O5S. The minimum Gasteiger partial charge on any atom is -0.360 e. The van der Waals surface area contributed by atoms with Crippen LogP contribution >= 0.6 is 0 Å². The molecule has 1 aromatic carbocycles. The average Bonchev–Trinajstić information content (AvgIpc) is 2.67. The molecule has 162 valence electrons. The maximum absolute atomic E-state index is 13.2. The molecule has 0 unspecified atom stereocenters. The summed E-state index contributed by atoms with van der Waals surface area (Å²) < 4.78 is 33.3. The van der Waals surface area contributed by atoms with Crippen molar-refractivity contribution in [3.8, 4) is 0 Å². The van der Waals surface area contributed by atoms with Crippen molar-refractivity contribution in [3.05, 3.63) is 29.3 Å². The minimum absolute atomic E-state index is 0.0967. The van der Waals surface area contributed by atoms with Crippen molar-refractivity contribution in [3.63, 3.8) is 0 Å². The van der Waals surface area contributed by atoms with Crippen LogP contribution in [0.2, 0.25) is 0 Å². The van der Waals surface area contributed by atoms with Crippen LogP contribution in [0.25, 0.3) is 0 Å². The molecule has 1 saturated heterocycles. The van der Waals surface area contributed by atoms with Gasteiger partial charge in [0, 0.05) is 13.1 Å². The third-order valence-electron chi connectivity index (χ3n) is 4.74. The van der Waals surface area contributed by atoms with Gasteiger partial charge in [-0.1, -0.05) is 26.0 Å². The first-order valence-corrected chi connectivity index (χ1v) is 11.3. The number of amides is 2. The zero-order valence-electron chi connectivity index (χ0n) is 17.5. The second-order valence-corrected chi connectivity index (χ2v) is 9.57. The lowest BCUT2D eigenvalue weighted by Gasteiger charge is -2.35. The number of aryl methyl sites for hydroxylation is 2. The molecule has 0 bridgehead atoms. The predicted octanol–water partition coefficient (Wildman–Crippen LogP) is 1.32. The molecule has 0 aromatic heterocycles. The van der Waals surface area contributed by atoms with Gasteiger partial charge in [0.15, 0.2) is 0 Å². The van der Waals surface area contributed by atoms with Crippen molar-refractivity contribution in [2.45, 2.75) is 51.7 Å². The number of hydrogen-bond donors (Lipinski definition) is 2. The quantitative estimate of drug-likeness (QED) is 0.641. The van der Waals surface area contributed by atoms with E-state index in [2.05, 4.69) is 10.6 Å². The van der Waals surface area contributed by atoms with Crippen LogP contribution in [-0.2, 0) is 24.3 Å². The van der Waals surface area contributed by atoms with E-state index >= 15 is 0 Å². The first kappa shape index (κ1) is 23.3. The van der Waals surface area contributed by atoms with Gasteiger partial charge in [0.1, 0.15) is 6.23 Å². The Labute approximate surface area is 173 Å². The highest BCUT2D eigenvalue weighted by atomic mass is 32.2. The highest BCUT2D eigenvalue weighted by Crippen LogP contribution is 2.25. The Balaban J connectivity index is 2.05. The number of nitrogens with zero attached hydrogens (tertiary/aromatic N) is 1. The fourth-order valence-corrected chi connectivity index (χ4v) is 4.91. The molecule has 2 rings (SSSR count). The molecule has 0 saturated carbocycles. The molecule has 1 aliphatic rings. The van der Waals surface area contributed by atoms with E-state index in [1.807, 2.05) is 26.8 Å². The molecule has 8 nitrogen and oxygen atoms in total. The van der Waals surface area contributed by atoms with Crippen LogP contribution in [0.5, 0.6) is 0 Å². The Bertz CT molecular complexity index is 839. The normalized spacial score (nSPS) is 17.9. The van der Waals surface area contributed by atoms with E-state index in [1.165, 1.54) is 4.31 Å². The van der Waals surface area contributed by atoms with Crippen molar-refractivity contribution >= 4 is 21.8 Å². The zero-order chi connectivity index (χ0) is 21.6. The maximum atomic E-state index is 13.2. The van der Waals surface area contributed by atoms with Gasteiger partial charge in [-0.2, -0.15) is 4.31 Å². The Morgan fingerprint density at radius 2 is 1.90 bits per heavy atom. The summed E-state index contributed by atoms with van der Waals surface area (Å²) in [6.07, 6.45) is 0.470. The van der Waals surface area contributed by atoms with Gasteiger partial charge < -0.3 is 15.4 Å². The maximum Gasteiger partial charge on any atom is 0.309 e. The highest BCUT2D eigenvalue weighted by Gasteiger charge is 2.35. The summed E-state index contributed by atoms with van der Waals surface area (Å²) in [5, 5.41) is 5.05. The summed E-state index contributed by atoms with van der Waals surface area (Å²) in [5.74, 6) is -1.12. The summed E-state index contributed by atoms with van der Waals surface area (Å²) in [5.41, 5.74) is 1.49. The summed E-state index contributed by atoms with van der Waals surface area (Å²) in [7, 11) is -3.80. The second kappa shape index (κ2) is 10.2. The molecule has 9 heteroatoms. The lowest BCUT2D eigenvalue weighted by Crippen LogP contribution is -2.53. The average molecular weight is 426 g/mol. The van der Waals surface area contributed by atoms with E-state index in [9.17, 15) is 18.0 Å². The van der Waals surface area contributed by atoms with E-state index in [0.717, 1.165) is 12.0 Å². The Morgan fingerprint density at radius 3 is 2.59 bits per heavy atom. The van der Waals surface area contributed by atoms with Crippen LogP contribution in [0.15, 0.2) is 23.1 Å². The van der Waals surface area contributed by atoms with E-state index in [1.54, 1.807) is 19.1 Å². The molecule has 1 aromatic rings. The SMILES string of the molecule is Cc1ccc(C)c(S(=O)(=O)N2CCCO[C@@H]2CNC(=O)C(=O)NCCC(C)C)c1. The largest absolute Gasteiger partial charge is 0.360 e. The fourth-order valence-electron chi connectivity index (χ4n) is 3.03. The molecule has 2 N–H and O–H groups in total. The first-order chi connectivity index (χ1) is 13.6. The number of ether oxygens (including phenoxy) is 1. The van der Waals surface area contributed by atoms with Gasteiger partial charge in [0.25, 0.3) is 0 Å². The van der Waals surface area contributed by atoms with E-state index < -0.39 is 28.1 Å². The van der Waals surface area contributed by atoms with E-state index in [4.69, 9.17) is 4.74 Å². The summed E-state index contributed by atoms with van der Waals surface area (Å²) in [6, 6.07) is 5.26. The van der Waals surface area contributed by atoms with Gasteiger partial charge in [-0.3, -0.25) is 9.59 Å². The van der Waals surface area contributed by atoms with Crippen LogP contribution in [0.1, 0.15) is 37.8 Å². The number of carbonyl (C=O) groups is 2. The molecule has 29 heavy (non-hydrogen) atoms. The third kappa shape index (κ3) is 6.25. The van der Waals surface area contributed by atoms with Crippen molar-refractivity contribution in [2.24, 2.45) is 5.92 Å². The number of hydrogen-bond acceptors (Lipinski definition) is 5. The van der Waals surface area contributed by atoms with Crippen LogP contribution < -0.4 is 10.6 Å². The standard InChI is InChI=1S/C20H31N3O5S/c1-14(2)8-9-21-19(24)20(25)22-13-18-23(10-5-11-28-18)29(26,27)17-12-15(3)6-7-16(17)4/h6-7,12,14,18H,5,8-11,13H2,1-4H3,(H,21,24)(H,22,25)/t18-/m1/s1. The monoisotopic (exact) mass is 425 g/mol. The van der Waals surface area contributed by atoms with E-state index in [-0.39, 0.29) is 18.0 Å². The Morgan fingerprint density at radius 1 is 1.21 bits per heavy atom. The molecule has 0 aliphatic carbocycles. The second-order valence-electron chi connectivity index (χ2n) is 7.71. The van der Waals surface area contributed by atoms with Gasteiger partial charge >= 0.3 is 11.8 Å². The molecule has 1 atom stereocenters. The lowest BCUT2D eigenvalue weighted by atomic mass is 10.1. The highest BCUT2D eigenvalue weighted by molar-refractivity contribution is 7.89. The van der Waals surface area contributed by atoms with Crippen LogP contribution in [-0.4, -0.2) is 57.0 Å². The van der Waals surface area contributed by atoms with Gasteiger partial charge in [0.05, 0.1) is 18.0 Å². The van der Waals surface area contributed by atoms with Gasteiger partial charge in [0.2, 0.25) is 10.0 Å². The number of rotatable bonds is 7. The number of benzene rings is 1. The zero-order valence-corrected chi connectivity index (χ0v) is 18.3. The summed E-state index contributed by atoms with van der Waals surface area (Å²) in [4.78, 5) is 24.2. The third-order valence-corrected chi connectivity index (χ3v) is 6.77. The molecular weight excluding hydrogens is 394 g/mol. The first-order valence-electron chi connectivity index (χ1n) is 9.89. The number of nitrogens with one attached hydrogen (secondary N) is 2. The van der Waals surface area contributed by atoms with Crippen molar-refractivity contribution < 1.29 is 22.7 Å². The van der Waals surface area contributed by atoms with Crippen LogP contribution in [0, 0.1) is 19.8 Å². The van der Waals surface area contributed by atoms with Crippen molar-refractivity contribution in [1.29, 1.82) is 0 Å². The lowest BCUT2D eigenvalue weighted by molar-refractivity contribution is -0.140. The topological polar surface area (TPSA) is 105 Å². The number of carbonyl (C=O) groups excluding carboxylic acids is 2. The van der Waals surface area contributed by atoms with Gasteiger partial charge in [-0.15, -0.1) is 0 Å². The molecule has 1 heterocycles. The molecule has 0 spiro atoms. The summed E-state index contributed by atoms with van der Waals surface area (Å²) in [6.45, 7) is 8.62. The van der Waals surface area contributed by atoms with E-state index in [0.29, 0.717) is 31.1 Å². The minimum atomic E-state index is -3.80. The van der Waals surface area contributed by atoms with Crippen LogP contribution in [0.4, 0.5) is 0 Å². The summed E-state index contributed by atoms with van der Waals surface area (Å²) >= 11 is 0. The smallest absolute Gasteiger partial charge is 0.309 e. The molecule has 1 fully saturated rings. The predicted molar refractivity (Wildman–Crippen MR) is 110 cm³/mol. The molecule has 2 amide bonds. The van der Waals surface area contributed by atoms with Crippen molar-refractivity contribution in [1.82, 2.24) is 14.9 Å². The van der Waals surface area contributed by atoms with Gasteiger partial charge in [-0.05, 0) is 49.8 Å². The van der Waals surface area contributed by atoms with Crippen molar-refractivity contribution in [2.75, 3.05) is 26.2 Å².